The van der Waals surface area contributed by atoms with E-state index in [1.54, 1.807) is 16.7 Å². The van der Waals surface area contributed by atoms with E-state index in [1.165, 1.54) is 48.4 Å². The van der Waals surface area contributed by atoms with Crippen molar-refractivity contribution in [2.45, 2.75) is 51.9 Å². The first-order valence-electron chi connectivity index (χ1n) is 10.6. The number of ether oxygens (including phenoxy) is 1. The van der Waals surface area contributed by atoms with Crippen LogP contribution in [0.5, 0.6) is 5.75 Å². The minimum atomic E-state index is -4.74. The molecule has 32 heavy (non-hydrogen) atoms. The fourth-order valence-corrected chi connectivity index (χ4v) is 4.81. The maximum atomic E-state index is 12.9. The van der Waals surface area contributed by atoms with Crippen molar-refractivity contribution in [3.63, 3.8) is 0 Å². The molecule has 10 heteroatoms. The number of thiazole rings is 1. The summed E-state index contributed by atoms with van der Waals surface area (Å²) in [6.45, 7) is 2.95. The summed E-state index contributed by atoms with van der Waals surface area (Å²) in [6, 6.07) is 5.23. The Morgan fingerprint density at radius 1 is 1.22 bits per heavy atom. The molecule has 0 unspecified atom stereocenters. The molecule has 0 N–H and O–H groups in total. The quantitative estimate of drug-likeness (QED) is 0.453. The van der Waals surface area contributed by atoms with Crippen molar-refractivity contribution in [2.75, 3.05) is 18.0 Å². The predicted molar refractivity (Wildman–Crippen MR) is 114 cm³/mol. The van der Waals surface area contributed by atoms with Crippen molar-refractivity contribution in [1.29, 1.82) is 0 Å². The van der Waals surface area contributed by atoms with E-state index in [1.807, 2.05) is 0 Å². The fourth-order valence-electron chi connectivity index (χ4n) is 3.75. The Bertz CT molecular complexity index is 987. The van der Waals surface area contributed by atoms with Gasteiger partial charge in [-0.15, -0.1) is 13.2 Å². The Morgan fingerprint density at radius 2 is 1.94 bits per heavy atom. The fraction of sp³-hybridized carbons (Fsp3) is 0.500. The number of amides is 2. The van der Waals surface area contributed by atoms with Crippen molar-refractivity contribution >= 4 is 28.3 Å². The van der Waals surface area contributed by atoms with Gasteiger partial charge in [-0.3, -0.25) is 9.69 Å². The number of rotatable bonds is 9. The van der Waals surface area contributed by atoms with Gasteiger partial charge in [0.1, 0.15) is 5.75 Å². The number of carbonyl (C=O) groups is 2. The third-order valence-corrected chi connectivity index (χ3v) is 6.83. The minimum absolute atomic E-state index is 0.0802. The van der Waals surface area contributed by atoms with Crippen LogP contribution in [0.2, 0.25) is 0 Å². The van der Waals surface area contributed by atoms with Crippen LogP contribution < -0.4 is 9.64 Å². The van der Waals surface area contributed by atoms with E-state index in [9.17, 15) is 22.8 Å². The summed E-state index contributed by atoms with van der Waals surface area (Å²) in [5.41, 5.74) is 1.34. The Morgan fingerprint density at radius 3 is 2.59 bits per heavy atom. The number of aromatic nitrogens is 1. The van der Waals surface area contributed by atoms with E-state index >= 15 is 0 Å². The van der Waals surface area contributed by atoms with Crippen LogP contribution in [0.15, 0.2) is 24.3 Å². The zero-order chi connectivity index (χ0) is 22.9. The number of benzene rings is 1. The zero-order valence-corrected chi connectivity index (χ0v) is 18.5. The van der Waals surface area contributed by atoms with Gasteiger partial charge in [0, 0.05) is 26.1 Å². The molecule has 1 aliphatic heterocycles. The molecular formula is C22H24F3N3O3S. The molecule has 2 amide bonds. The van der Waals surface area contributed by atoms with Gasteiger partial charge < -0.3 is 9.64 Å². The maximum Gasteiger partial charge on any atom is 0.573 e. The summed E-state index contributed by atoms with van der Waals surface area (Å²) in [5.74, 6) is 0.572. The number of halogens is 3. The Hall–Kier alpha value is -2.62. The van der Waals surface area contributed by atoms with E-state index in [2.05, 4.69) is 9.72 Å². The lowest BCUT2D eigenvalue weighted by molar-refractivity contribution is -0.274. The first-order chi connectivity index (χ1) is 15.2. The summed E-state index contributed by atoms with van der Waals surface area (Å²) in [6.07, 6.45) is 0.302. The number of hydrogen-bond acceptors (Lipinski definition) is 5. The van der Waals surface area contributed by atoms with Crippen LogP contribution >= 0.6 is 11.3 Å². The maximum absolute atomic E-state index is 12.9. The first-order valence-corrected chi connectivity index (χ1v) is 11.4. The van der Waals surface area contributed by atoms with Gasteiger partial charge in [-0.05, 0) is 37.0 Å². The van der Waals surface area contributed by atoms with Crippen molar-refractivity contribution in [3.8, 4) is 5.75 Å². The summed E-state index contributed by atoms with van der Waals surface area (Å²) >= 11 is 1.25. The van der Waals surface area contributed by atoms with Crippen LogP contribution in [0.3, 0.4) is 0 Å². The third kappa shape index (κ3) is 5.59. The topological polar surface area (TPSA) is 62.7 Å². The molecule has 0 radical (unpaired) electrons. The lowest BCUT2D eigenvalue weighted by Crippen LogP contribution is -2.31. The van der Waals surface area contributed by atoms with Crippen LogP contribution in [-0.2, 0) is 6.54 Å². The standard InChI is InChI=1S/C22H24F3N3O3S/c1-14-19(18(29)4-2-3-15-5-6-15)32-20(26-14)28-12-11-27(21(28)30)13-16-7-9-17(10-8-16)31-22(23,24)25/h7-10,15H,2-6,11-13H2,1H3. The minimum Gasteiger partial charge on any atom is -0.406 e. The number of ketones is 1. The van der Waals surface area contributed by atoms with Crippen LogP contribution in [0.25, 0.3) is 0 Å². The van der Waals surface area contributed by atoms with Gasteiger partial charge in [0.05, 0.1) is 10.6 Å². The highest BCUT2D eigenvalue weighted by Crippen LogP contribution is 2.35. The molecule has 2 fully saturated rings. The van der Waals surface area contributed by atoms with Gasteiger partial charge in [0.25, 0.3) is 0 Å². The number of carbonyl (C=O) groups excluding carboxylic acids is 2. The van der Waals surface area contributed by atoms with Gasteiger partial charge >= 0.3 is 12.4 Å². The van der Waals surface area contributed by atoms with E-state index in [0.29, 0.717) is 40.8 Å². The van der Waals surface area contributed by atoms with Gasteiger partial charge in [-0.2, -0.15) is 0 Å². The average Bonchev–Trinajstić information content (AvgIpc) is 3.37. The van der Waals surface area contributed by atoms with Gasteiger partial charge in [0.2, 0.25) is 0 Å². The highest BCUT2D eigenvalue weighted by molar-refractivity contribution is 7.17. The molecular weight excluding hydrogens is 443 g/mol. The van der Waals surface area contributed by atoms with Crippen molar-refractivity contribution in [1.82, 2.24) is 9.88 Å². The number of urea groups is 1. The molecule has 1 saturated heterocycles. The number of anilines is 1. The summed E-state index contributed by atoms with van der Waals surface area (Å²) in [7, 11) is 0. The first kappa shape index (κ1) is 22.6. The molecule has 6 nitrogen and oxygen atoms in total. The Labute approximate surface area is 188 Å². The highest BCUT2D eigenvalue weighted by Gasteiger charge is 2.33. The largest absolute Gasteiger partial charge is 0.573 e. The average molecular weight is 468 g/mol. The van der Waals surface area contributed by atoms with Gasteiger partial charge in [-0.25, -0.2) is 9.78 Å². The van der Waals surface area contributed by atoms with Crippen molar-refractivity contribution < 1.29 is 27.5 Å². The second-order valence-electron chi connectivity index (χ2n) is 8.22. The third-order valence-electron chi connectivity index (χ3n) is 5.61. The SMILES string of the molecule is Cc1nc(N2CCN(Cc3ccc(OC(F)(F)F)cc3)C2=O)sc1C(=O)CCCC1CC1. The molecule has 2 aromatic rings. The van der Waals surface area contributed by atoms with Gasteiger partial charge in [0.15, 0.2) is 10.9 Å². The zero-order valence-electron chi connectivity index (χ0n) is 17.7. The monoisotopic (exact) mass is 467 g/mol. The van der Waals surface area contributed by atoms with Crippen LogP contribution in [-0.4, -0.2) is 41.2 Å². The van der Waals surface area contributed by atoms with E-state index in [0.717, 1.165) is 18.8 Å². The van der Waals surface area contributed by atoms with Crippen LogP contribution in [0, 0.1) is 12.8 Å². The smallest absolute Gasteiger partial charge is 0.406 e. The second kappa shape index (κ2) is 9.09. The molecule has 1 aliphatic carbocycles. The molecule has 0 spiro atoms. The van der Waals surface area contributed by atoms with E-state index < -0.39 is 6.36 Å². The normalized spacial score (nSPS) is 16.7. The Kier molecular flexibility index (Phi) is 6.41. The molecule has 0 atom stereocenters. The predicted octanol–water partition coefficient (Wildman–Crippen LogP) is 5.56. The van der Waals surface area contributed by atoms with E-state index in [4.69, 9.17) is 0 Å². The van der Waals surface area contributed by atoms with Crippen LogP contribution in [0.1, 0.15) is 53.0 Å². The molecule has 1 aromatic heterocycles. The summed E-state index contributed by atoms with van der Waals surface area (Å²) in [5, 5.41) is 0.509. The number of hydrogen-bond donors (Lipinski definition) is 0. The van der Waals surface area contributed by atoms with E-state index in [-0.39, 0.29) is 24.1 Å². The lowest BCUT2D eigenvalue weighted by atomic mass is 10.1. The molecule has 1 aromatic carbocycles. The summed E-state index contributed by atoms with van der Waals surface area (Å²) in [4.78, 5) is 33.7. The number of Topliss-reactive ketones (excluding diaryl/α,β-unsaturated/α-hetero) is 1. The highest BCUT2D eigenvalue weighted by atomic mass is 32.1. The van der Waals surface area contributed by atoms with Crippen molar-refractivity contribution in [3.05, 3.63) is 40.4 Å². The Balaban J connectivity index is 1.35. The molecule has 2 aliphatic rings. The molecule has 172 valence electrons. The molecule has 2 heterocycles. The number of alkyl halides is 3. The molecule has 4 rings (SSSR count). The number of nitrogens with zero attached hydrogens (tertiary/aromatic N) is 3. The molecule has 1 saturated carbocycles. The second-order valence-corrected chi connectivity index (χ2v) is 9.19. The lowest BCUT2D eigenvalue weighted by Gasteiger charge is -2.17. The number of aryl methyl sites for hydroxylation is 1. The van der Waals surface area contributed by atoms with Gasteiger partial charge in [-0.1, -0.05) is 42.7 Å². The molecule has 0 bridgehead atoms. The van der Waals surface area contributed by atoms with Crippen LogP contribution in [0.4, 0.5) is 23.1 Å². The van der Waals surface area contributed by atoms with Crippen molar-refractivity contribution in [2.24, 2.45) is 5.92 Å². The summed E-state index contributed by atoms with van der Waals surface area (Å²) < 4.78 is 40.8.